The summed E-state index contributed by atoms with van der Waals surface area (Å²) in [6.07, 6.45) is -1.10. The molecule has 2 rings (SSSR count). The van der Waals surface area contributed by atoms with Gasteiger partial charge in [0.05, 0.1) is 23.7 Å². The van der Waals surface area contributed by atoms with Crippen molar-refractivity contribution in [3.63, 3.8) is 0 Å². The molecule has 0 saturated heterocycles. The average Bonchev–Trinajstić information content (AvgIpc) is 2.52. The van der Waals surface area contributed by atoms with Crippen molar-refractivity contribution in [2.45, 2.75) is 71.7 Å². The van der Waals surface area contributed by atoms with Crippen molar-refractivity contribution in [1.29, 1.82) is 0 Å². The maximum absolute atomic E-state index is 12.9. The molecule has 28 heavy (non-hydrogen) atoms. The van der Waals surface area contributed by atoms with Crippen LogP contribution in [0.1, 0.15) is 58.1 Å². The van der Waals surface area contributed by atoms with Gasteiger partial charge in [-0.1, -0.05) is 29.8 Å². The largest absolute Gasteiger partial charge is 0.463 e. The fourth-order valence-electron chi connectivity index (χ4n) is 3.82. The third-order valence-electron chi connectivity index (χ3n) is 4.94. The molecule has 1 fully saturated rings. The minimum atomic E-state index is -1.63. The lowest BCUT2D eigenvalue weighted by molar-refractivity contribution is -0.176. The molecule has 6 nitrogen and oxygen atoms in total. The number of aliphatic hydroxyl groups is 1. The van der Waals surface area contributed by atoms with E-state index in [1.807, 2.05) is 19.1 Å². The molecule has 1 aliphatic carbocycles. The summed E-state index contributed by atoms with van der Waals surface area (Å²) in [4.78, 5) is 38.6. The van der Waals surface area contributed by atoms with Gasteiger partial charge in [-0.15, -0.1) is 0 Å². The van der Waals surface area contributed by atoms with Crippen LogP contribution < -0.4 is 0 Å². The lowest BCUT2D eigenvalue weighted by Gasteiger charge is -2.44. The number of rotatable bonds is 5. The van der Waals surface area contributed by atoms with E-state index in [2.05, 4.69) is 0 Å². The van der Waals surface area contributed by atoms with Crippen molar-refractivity contribution in [3.8, 4) is 0 Å². The van der Waals surface area contributed by atoms with E-state index in [0.717, 1.165) is 5.56 Å². The Morgan fingerprint density at radius 1 is 1.04 bits per heavy atom. The van der Waals surface area contributed by atoms with Gasteiger partial charge in [0.2, 0.25) is 0 Å². The Bertz CT molecular complexity index is 724. The molecule has 1 N–H and O–H groups in total. The maximum Gasteiger partial charge on any atom is 0.317 e. The number of hydrogen-bond donors (Lipinski definition) is 1. The monoisotopic (exact) mass is 390 g/mol. The molecule has 1 aromatic rings. The topological polar surface area (TPSA) is 89.9 Å². The van der Waals surface area contributed by atoms with Crippen LogP contribution in [-0.2, 0) is 23.9 Å². The smallest absolute Gasteiger partial charge is 0.317 e. The first kappa shape index (κ1) is 22.1. The summed E-state index contributed by atoms with van der Waals surface area (Å²) in [7, 11) is 0. The van der Waals surface area contributed by atoms with Gasteiger partial charge in [0.15, 0.2) is 5.78 Å². The molecule has 154 valence electrons. The van der Waals surface area contributed by atoms with Gasteiger partial charge >= 0.3 is 11.9 Å². The quantitative estimate of drug-likeness (QED) is 0.614. The molecule has 1 aliphatic rings. The second kappa shape index (κ2) is 8.43. The van der Waals surface area contributed by atoms with E-state index in [-0.39, 0.29) is 12.5 Å². The summed E-state index contributed by atoms with van der Waals surface area (Å²) in [6, 6.07) is 7.25. The molecule has 0 radical (unpaired) electrons. The van der Waals surface area contributed by atoms with E-state index in [0.29, 0.717) is 5.56 Å². The van der Waals surface area contributed by atoms with Crippen molar-refractivity contribution in [3.05, 3.63) is 35.4 Å². The predicted molar refractivity (Wildman–Crippen MR) is 104 cm³/mol. The van der Waals surface area contributed by atoms with E-state index in [9.17, 15) is 19.5 Å². The zero-order valence-corrected chi connectivity index (χ0v) is 17.4. The van der Waals surface area contributed by atoms with Crippen LogP contribution in [0.5, 0.6) is 0 Å². The Morgan fingerprint density at radius 2 is 1.54 bits per heavy atom. The van der Waals surface area contributed by atoms with E-state index in [4.69, 9.17) is 9.47 Å². The summed E-state index contributed by atoms with van der Waals surface area (Å²) in [6.45, 7) is 10.2. The standard InChI is InChI=1S/C22H30O6/c1-12(2)27-20(24)18-16(23)11-22(6,26)19(21(25)28-13(3)4)17(18)15-9-7-14(5)8-10-15/h7-10,12-13,17-19,26H,11H2,1-6H3. The van der Waals surface area contributed by atoms with Gasteiger partial charge in [0.1, 0.15) is 5.92 Å². The van der Waals surface area contributed by atoms with Gasteiger partial charge in [0.25, 0.3) is 0 Å². The fraction of sp³-hybridized carbons (Fsp3) is 0.591. The first-order valence-corrected chi connectivity index (χ1v) is 9.66. The van der Waals surface area contributed by atoms with E-state index in [1.165, 1.54) is 6.92 Å². The number of carbonyl (C=O) groups excluding carboxylic acids is 3. The number of ketones is 1. The third-order valence-corrected chi connectivity index (χ3v) is 4.94. The summed E-state index contributed by atoms with van der Waals surface area (Å²) in [5, 5.41) is 11.0. The van der Waals surface area contributed by atoms with Crippen LogP contribution >= 0.6 is 0 Å². The average molecular weight is 390 g/mol. The number of carbonyl (C=O) groups is 3. The molecule has 6 heteroatoms. The molecule has 1 saturated carbocycles. The van der Waals surface area contributed by atoms with Gasteiger partial charge in [0, 0.05) is 12.3 Å². The van der Waals surface area contributed by atoms with Gasteiger partial charge < -0.3 is 14.6 Å². The van der Waals surface area contributed by atoms with E-state index < -0.39 is 47.2 Å². The highest BCUT2D eigenvalue weighted by Gasteiger charge is 2.57. The minimum Gasteiger partial charge on any atom is -0.463 e. The number of Topliss-reactive ketones (excluding diaryl/α,β-unsaturated/α-hetero) is 1. The second-order valence-electron chi connectivity index (χ2n) is 8.36. The number of esters is 2. The van der Waals surface area contributed by atoms with Crippen molar-refractivity contribution in [2.75, 3.05) is 0 Å². The summed E-state index contributed by atoms with van der Waals surface area (Å²) >= 11 is 0. The summed E-state index contributed by atoms with van der Waals surface area (Å²) in [5.74, 6) is -4.84. The van der Waals surface area contributed by atoms with Gasteiger partial charge in [-0.2, -0.15) is 0 Å². The number of hydrogen-bond acceptors (Lipinski definition) is 6. The number of benzene rings is 1. The van der Waals surface area contributed by atoms with Crippen molar-refractivity contribution >= 4 is 17.7 Å². The van der Waals surface area contributed by atoms with Gasteiger partial charge in [-0.3, -0.25) is 14.4 Å². The molecular weight excluding hydrogens is 360 g/mol. The summed E-state index contributed by atoms with van der Waals surface area (Å²) in [5.41, 5.74) is -0.0108. The summed E-state index contributed by atoms with van der Waals surface area (Å²) < 4.78 is 10.7. The highest BCUT2D eigenvalue weighted by Crippen LogP contribution is 2.47. The molecule has 0 aromatic heterocycles. The zero-order valence-electron chi connectivity index (χ0n) is 17.4. The van der Waals surface area contributed by atoms with Crippen LogP contribution in [0, 0.1) is 18.8 Å². The SMILES string of the molecule is Cc1ccc(C2C(C(=O)OC(C)C)C(=O)CC(C)(O)C2C(=O)OC(C)C)cc1. The first-order chi connectivity index (χ1) is 12.9. The van der Waals surface area contributed by atoms with Crippen LogP contribution in [-0.4, -0.2) is 40.6 Å². The van der Waals surface area contributed by atoms with E-state index in [1.54, 1.807) is 39.8 Å². The van der Waals surface area contributed by atoms with Gasteiger partial charge in [-0.05, 0) is 47.1 Å². The molecular formula is C22H30O6. The molecule has 4 unspecified atom stereocenters. The molecule has 0 heterocycles. The molecule has 1 aromatic carbocycles. The first-order valence-electron chi connectivity index (χ1n) is 9.66. The molecule has 0 amide bonds. The maximum atomic E-state index is 12.9. The minimum absolute atomic E-state index is 0.314. The number of aryl methyl sites for hydroxylation is 1. The van der Waals surface area contributed by atoms with Crippen LogP contribution in [0.25, 0.3) is 0 Å². The second-order valence-corrected chi connectivity index (χ2v) is 8.36. The van der Waals surface area contributed by atoms with Crippen molar-refractivity contribution < 1.29 is 29.0 Å². The van der Waals surface area contributed by atoms with Crippen LogP contribution in [0.3, 0.4) is 0 Å². The Morgan fingerprint density at radius 3 is 2.04 bits per heavy atom. The van der Waals surface area contributed by atoms with Crippen LogP contribution in [0.2, 0.25) is 0 Å². The Balaban J connectivity index is 2.59. The third kappa shape index (κ3) is 4.79. The van der Waals surface area contributed by atoms with Crippen molar-refractivity contribution in [1.82, 2.24) is 0 Å². The molecule has 0 bridgehead atoms. The van der Waals surface area contributed by atoms with Crippen molar-refractivity contribution in [2.24, 2.45) is 11.8 Å². The fourth-order valence-corrected chi connectivity index (χ4v) is 3.82. The lowest BCUT2D eigenvalue weighted by atomic mass is 9.61. The predicted octanol–water partition coefficient (Wildman–Crippen LogP) is 2.94. The van der Waals surface area contributed by atoms with Gasteiger partial charge in [-0.25, -0.2) is 0 Å². The van der Waals surface area contributed by atoms with Crippen LogP contribution in [0.4, 0.5) is 0 Å². The molecule has 4 atom stereocenters. The Labute approximate surface area is 166 Å². The lowest BCUT2D eigenvalue weighted by Crippen LogP contribution is -2.55. The number of ether oxygens (including phenoxy) is 2. The van der Waals surface area contributed by atoms with E-state index >= 15 is 0 Å². The highest BCUT2D eigenvalue weighted by molar-refractivity contribution is 6.02. The molecule has 0 spiro atoms. The normalized spacial score (nSPS) is 27.8. The Hall–Kier alpha value is -2.21. The highest BCUT2D eigenvalue weighted by atomic mass is 16.5. The molecule has 0 aliphatic heterocycles. The zero-order chi connectivity index (χ0) is 21.2. The Kier molecular flexibility index (Phi) is 6.65. The van der Waals surface area contributed by atoms with Crippen LogP contribution in [0.15, 0.2) is 24.3 Å².